The summed E-state index contributed by atoms with van der Waals surface area (Å²) in [6, 6.07) is 9.68. The smallest absolute Gasteiger partial charge is 0.315 e. The van der Waals surface area contributed by atoms with E-state index in [-0.39, 0.29) is 12.1 Å². The minimum Gasteiger partial charge on any atom is -0.383 e. The largest absolute Gasteiger partial charge is 0.383 e. The summed E-state index contributed by atoms with van der Waals surface area (Å²) >= 11 is 0. The Morgan fingerprint density at radius 1 is 1.32 bits per heavy atom. The molecule has 0 bridgehead atoms. The Labute approximate surface area is 130 Å². The highest BCUT2D eigenvalue weighted by molar-refractivity contribution is 5.74. The molecule has 0 saturated carbocycles. The van der Waals surface area contributed by atoms with Crippen molar-refractivity contribution >= 4 is 11.7 Å². The monoisotopic (exact) mass is 302 g/mol. The van der Waals surface area contributed by atoms with Gasteiger partial charge in [-0.25, -0.2) is 4.79 Å². The van der Waals surface area contributed by atoms with Crippen LogP contribution in [-0.2, 0) is 13.1 Å². The third-order valence-corrected chi connectivity index (χ3v) is 3.21. The standard InChI is InChI=1S/C15H22N6O/c1-3-21-11-18-20-14(21)10-17-15(22)19-12(2)9-16-13-7-5-4-6-8-13/h4-8,11-12,16H,3,9-10H2,1-2H3,(H2,17,19,22). The fourth-order valence-corrected chi connectivity index (χ4v) is 1.99. The molecule has 118 valence electrons. The van der Waals surface area contributed by atoms with E-state index in [1.807, 2.05) is 48.7 Å². The Hall–Kier alpha value is -2.57. The van der Waals surface area contributed by atoms with Gasteiger partial charge < -0.3 is 20.5 Å². The summed E-state index contributed by atoms with van der Waals surface area (Å²) in [5.41, 5.74) is 1.03. The lowest BCUT2D eigenvalue weighted by Gasteiger charge is -2.16. The molecule has 22 heavy (non-hydrogen) atoms. The summed E-state index contributed by atoms with van der Waals surface area (Å²) in [5, 5.41) is 16.7. The molecule has 2 rings (SSSR count). The number of carbonyl (C=O) groups is 1. The van der Waals surface area contributed by atoms with E-state index in [1.54, 1.807) is 6.33 Å². The van der Waals surface area contributed by atoms with Gasteiger partial charge in [0.15, 0.2) is 5.82 Å². The van der Waals surface area contributed by atoms with E-state index in [1.165, 1.54) is 0 Å². The van der Waals surface area contributed by atoms with Crippen molar-refractivity contribution in [1.82, 2.24) is 25.4 Å². The first kappa shape index (κ1) is 15.8. The second-order valence-corrected chi connectivity index (χ2v) is 5.01. The number of anilines is 1. The highest BCUT2D eigenvalue weighted by Gasteiger charge is 2.08. The number of nitrogens with zero attached hydrogens (tertiary/aromatic N) is 3. The van der Waals surface area contributed by atoms with Gasteiger partial charge in [-0.15, -0.1) is 10.2 Å². The van der Waals surface area contributed by atoms with Gasteiger partial charge in [-0.2, -0.15) is 0 Å². The van der Waals surface area contributed by atoms with E-state index in [0.29, 0.717) is 13.1 Å². The van der Waals surface area contributed by atoms with Crippen molar-refractivity contribution in [2.24, 2.45) is 0 Å². The van der Waals surface area contributed by atoms with Crippen LogP contribution in [0, 0.1) is 0 Å². The second kappa shape index (κ2) is 8.02. The van der Waals surface area contributed by atoms with Gasteiger partial charge in [0.25, 0.3) is 0 Å². The Kier molecular flexibility index (Phi) is 5.76. The summed E-state index contributed by atoms with van der Waals surface area (Å²) in [5.74, 6) is 0.743. The maximum Gasteiger partial charge on any atom is 0.315 e. The van der Waals surface area contributed by atoms with E-state index in [4.69, 9.17) is 0 Å². The van der Waals surface area contributed by atoms with Crippen LogP contribution in [0.3, 0.4) is 0 Å². The van der Waals surface area contributed by atoms with Gasteiger partial charge in [0.2, 0.25) is 0 Å². The number of aromatic nitrogens is 3. The SMILES string of the molecule is CCn1cnnc1CNC(=O)NC(C)CNc1ccccc1. The summed E-state index contributed by atoms with van der Waals surface area (Å²) < 4.78 is 1.89. The zero-order valence-electron chi connectivity index (χ0n) is 12.9. The minimum atomic E-state index is -0.215. The van der Waals surface area contributed by atoms with Crippen LogP contribution in [0.4, 0.5) is 10.5 Å². The molecule has 0 radical (unpaired) electrons. The first-order valence-electron chi connectivity index (χ1n) is 7.39. The molecule has 7 nitrogen and oxygen atoms in total. The van der Waals surface area contributed by atoms with Crippen molar-refractivity contribution in [2.45, 2.75) is 33.0 Å². The number of aryl methyl sites for hydroxylation is 1. The first-order valence-corrected chi connectivity index (χ1v) is 7.39. The third kappa shape index (κ3) is 4.76. The van der Waals surface area contributed by atoms with Crippen molar-refractivity contribution in [1.29, 1.82) is 0 Å². The number of nitrogens with one attached hydrogen (secondary N) is 3. The van der Waals surface area contributed by atoms with Crippen LogP contribution in [-0.4, -0.2) is 33.4 Å². The van der Waals surface area contributed by atoms with Crippen molar-refractivity contribution in [3.05, 3.63) is 42.5 Å². The van der Waals surface area contributed by atoms with E-state index in [0.717, 1.165) is 18.1 Å². The van der Waals surface area contributed by atoms with Gasteiger partial charge in [-0.3, -0.25) is 0 Å². The molecular weight excluding hydrogens is 280 g/mol. The number of hydrogen-bond acceptors (Lipinski definition) is 4. The molecule has 0 aliphatic rings. The van der Waals surface area contributed by atoms with Gasteiger partial charge in [0.05, 0.1) is 6.54 Å². The summed E-state index contributed by atoms with van der Waals surface area (Å²) in [6.45, 7) is 5.75. The zero-order chi connectivity index (χ0) is 15.8. The van der Waals surface area contributed by atoms with E-state index in [2.05, 4.69) is 26.1 Å². The molecule has 0 spiro atoms. The molecule has 0 fully saturated rings. The molecule has 2 amide bonds. The number of hydrogen-bond donors (Lipinski definition) is 3. The van der Waals surface area contributed by atoms with Gasteiger partial charge in [0, 0.05) is 24.8 Å². The molecule has 0 aliphatic carbocycles. The van der Waals surface area contributed by atoms with Crippen molar-refractivity contribution in [3.63, 3.8) is 0 Å². The number of amides is 2. The molecule has 3 N–H and O–H groups in total. The van der Waals surface area contributed by atoms with Gasteiger partial charge in [-0.1, -0.05) is 18.2 Å². The Morgan fingerprint density at radius 3 is 2.82 bits per heavy atom. The summed E-state index contributed by atoms with van der Waals surface area (Å²) in [4.78, 5) is 11.9. The lowest BCUT2D eigenvalue weighted by Crippen LogP contribution is -2.43. The average Bonchev–Trinajstić information content (AvgIpc) is 2.99. The van der Waals surface area contributed by atoms with E-state index < -0.39 is 0 Å². The number of benzene rings is 1. The van der Waals surface area contributed by atoms with Gasteiger partial charge in [0.1, 0.15) is 6.33 Å². The molecular formula is C15H22N6O. The Morgan fingerprint density at radius 2 is 2.09 bits per heavy atom. The first-order chi connectivity index (χ1) is 10.7. The molecule has 1 aromatic carbocycles. The van der Waals surface area contributed by atoms with Crippen molar-refractivity contribution < 1.29 is 4.79 Å². The van der Waals surface area contributed by atoms with Crippen LogP contribution in [0.5, 0.6) is 0 Å². The van der Waals surface area contributed by atoms with Crippen LogP contribution in [0.2, 0.25) is 0 Å². The Bertz CT molecular complexity index is 583. The highest BCUT2D eigenvalue weighted by atomic mass is 16.2. The summed E-state index contributed by atoms with van der Waals surface area (Å²) in [6.07, 6.45) is 1.65. The molecule has 0 aliphatic heterocycles. The second-order valence-electron chi connectivity index (χ2n) is 5.01. The fraction of sp³-hybridized carbons (Fsp3) is 0.400. The van der Waals surface area contributed by atoms with Crippen LogP contribution in [0.25, 0.3) is 0 Å². The predicted molar refractivity (Wildman–Crippen MR) is 85.5 cm³/mol. The molecule has 7 heteroatoms. The molecule has 0 saturated heterocycles. The minimum absolute atomic E-state index is 0.00394. The maximum atomic E-state index is 11.9. The van der Waals surface area contributed by atoms with Crippen LogP contribution in [0.1, 0.15) is 19.7 Å². The number of carbonyl (C=O) groups excluding carboxylic acids is 1. The molecule has 1 unspecified atom stereocenters. The van der Waals surface area contributed by atoms with Crippen LogP contribution < -0.4 is 16.0 Å². The van der Waals surface area contributed by atoms with Crippen molar-refractivity contribution in [2.75, 3.05) is 11.9 Å². The van der Waals surface area contributed by atoms with Crippen LogP contribution >= 0.6 is 0 Å². The highest BCUT2D eigenvalue weighted by Crippen LogP contribution is 2.04. The average molecular weight is 302 g/mol. The maximum absolute atomic E-state index is 11.9. The quantitative estimate of drug-likeness (QED) is 0.725. The topological polar surface area (TPSA) is 83.9 Å². The van der Waals surface area contributed by atoms with Gasteiger partial charge in [-0.05, 0) is 26.0 Å². The number of urea groups is 1. The van der Waals surface area contributed by atoms with Crippen molar-refractivity contribution in [3.8, 4) is 0 Å². The molecule has 1 atom stereocenters. The number of rotatable bonds is 7. The molecule has 1 heterocycles. The lowest BCUT2D eigenvalue weighted by atomic mass is 10.3. The zero-order valence-corrected chi connectivity index (χ0v) is 12.9. The normalized spacial score (nSPS) is 11.7. The predicted octanol–water partition coefficient (Wildman–Crippen LogP) is 1.60. The van der Waals surface area contributed by atoms with E-state index >= 15 is 0 Å². The van der Waals surface area contributed by atoms with E-state index in [9.17, 15) is 4.79 Å². The molecule has 1 aromatic heterocycles. The number of para-hydroxylation sites is 1. The fourth-order valence-electron chi connectivity index (χ4n) is 1.99. The third-order valence-electron chi connectivity index (χ3n) is 3.21. The Balaban J connectivity index is 1.70. The van der Waals surface area contributed by atoms with Gasteiger partial charge >= 0.3 is 6.03 Å². The lowest BCUT2D eigenvalue weighted by molar-refractivity contribution is 0.237. The summed E-state index contributed by atoms with van der Waals surface area (Å²) in [7, 11) is 0. The molecule has 2 aromatic rings. The van der Waals surface area contributed by atoms with Crippen LogP contribution in [0.15, 0.2) is 36.7 Å².